The van der Waals surface area contributed by atoms with Gasteiger partial charge in [-0.1, -0.05) is 27.7 Å². The molecule has 1 aromatic rings. The van der Waals surface area contributed by atoms with Crippen LogP contribution in [0.25, 0.3) is 0 Å². The summed E-state index contributed by atoms with van der Waals surface area (Å²) >= 11 is 0. The van der Waals surface area contributed by atoms with Crippen molar-refractivity contribution in [2.45, 2.75) is 90.5 Å². The number of aliphatic carboxylic acids is 1. The summed E-state index contributed by atoms with van der Waals surface area (Å²) in [4.78, 5) is 71.5. The van der Waals surface area contributed by atoms with Crippen LogP contribution in [-0.2, 0) is 30.4 Å². The van der Waals surface area contributed by atoms with Crippen molar-refractivity contribution >= 4 is 29.6 Å². The van der Waals surface area contributed by atoms with E-state index in [2.05, 4.69) is 25.9 Å². The van der Waals surface area contributed by atoms with Gasteiger partial charge >= 0.3 is 5.97 Å². The predicted molar refractivity (Wildman–Crippen MR) is 138 cm³/mol. The molecule has 1 saturated heterocycles. The van der Waals surface area contributed by atoms with Crippen molar-refractivity contribution in [2.75, 3.05) is 6.54 Å². The van der Waals surface area contributed by atoms with Crippen LogP contribution in [0.1, 0.15) is 59.6 Å². The lowest BCUT2D eigenvalue weighted by atomic mass is 10.0. The van der Waals surface area contributed by atoms with E-state index >= 15 is 0 Å². The summed E-state index contributed by atoms with van der Waals surface area (Å²) < 4.78 is 0. The Morgan fingerprint density at radius 3 is 2.29 bits per heavy atom. The molecule has 1 fully saturated rings. The average molecular weight is 536 g/mol. The highest BCUT2D eigenvalue weighted by atomic mass is 16.4. The molecular weight excluding hydrogens is 494 g/mol. The van der Waals surface area contributed by atoms with Crippen LogP contribution in [0.15, 0.2) is 12.5 Å². The second kappa shape index (κ2) is 13.9. The average Bonchev–Trinajstić information content (AvgIpc) is 3.53. The fraction of sp³-hybridized carbons (Fsp3) is 0.680. The van der Waals surface area contributed by atoms with Crippen molar-refractivity contribution in [2.24, 2.45) is 17.6 Å². The summed E-state index contributed by atoms with van der Waals surface area (Å²) in [5.41, 5.74) is 6.53. The topological polar surface area (TPSA) is 200 Å². The van der Waals surface area contributed by atoms with Gasteiger partial charge in [-0.2, -0.15) is 0 Å². The molecule has 7 N–H and O–H groups in total. The second-order valence-electron chi connectivity index (χ2n) is 10.6. The number of imidazole rings is 1. The van der Waals surface area contributed by atoms with Gasteiger partial charge in [0.1, 0.15) is 24.2 Å². The molecule has 0 saturated carbocycles. The highest BCUT2D eigenvalue weighted by molar-refractivity contribution is 5.95. The third-order valence-electron chi connectivity index (χ3n) is 6.53. The smallest absolute Gasteiger partial charge is 0.326 e. The standard InChI is InChI=1S/C25H41N7O6/c1-13(2)9-17(22(34)31-18(25(37)38)10-16-11-27-12-28-16)30-21(33)15(5)29-23(35)19-7-6-8-32(19)24(36)20(26)14(3)4/h11-15,17-20H,6-10,26H2,1-5H3,(H,27,28)(H,29,35)(H,30,33)(H,31,34)(H,37,38)/t15-,17-,18-,19-,20-/m0/s1. The molecule has 0 radical (unpaired) electrons. The fourth-order valence-corrected chi connectivity index (χ4v) is 4.24. The number of carboxylic acids is 1. The van der Waals surface area contributed by atoms with Crippen LogP contribution in [0, 0.1) is 11.8 Å². The maximum absolute atomic E-state index is 13.0. The van der Waals surface area contributed by atoms with E-state index in [1.165, 1.54) is 24.3 Å². The van der Waals surface area contributed by atoms with Crippen molar-refractivity contribution in [1.82, 2.24) is 30.8 Å². The molecule has 38 heavy (non-hydrogen) atoms. The first-order valence-corrected chi connectivity index (χ1v) is 13.0. The number of aromatic amines is 1. The normalized spacial score (nSPS) is 18.5. The molecule has 0 aromatic carbocycles. The van der Waals surface area contributed by atoms with Crippen molar-refractivity contribution < 1.29 is 29.1 Å². The third-order valence-corrected chi connectivity index (χ3v) is 6.53. The summed E-state index contributed by atoms with van der Waals surface area (Å²) in [5, 5.41) is 17.3. The molecule has 1 aliphatic heterocycles. The van der Waals surface area contributed by atoms with E-state index in [0.29, 0.717) is 25.1 Å². The number of rotatable bonds is 13. The van der Waals surface area contributed by atoms with Gasteiger partial charge in [0.25, 0.3) is 0 Å². The molecule has 4 amide bonds. The molecule has 212 valence electrons. The Hall–Kier alpha value is -3.48. The number of nitrogens with zero attached hydrogens (tertiary/aromatic N) is 2. The molecule has 0 aliphatic carbocycles. The summed E-state index contributed by atoms with van der Waals surface area (Å²) in [5.74, 6) is -3.31. The number of hydrogen-bond donors (Lipinski definition) is 6. The Labute approximate surface area is 222 Å². The van der Waals surface area contributed by atoms with E-state index in [0.717, 1.165) is 0 Å². The number of carbonyl (C=O) groups excluding carboxylic acids is 4. The monoisotopic (exact) mass is 535 g/mol. The molecule has 0 unspecified atom stereocenters. The van der Waals surface area contributed by atoms with Crippen LogP contribution in [0.2, 0.25) is 0 Å². The lowest BCUT2D eigenvalue weighted by molar-refractivity contribution is -0.142. The largest absolute Gasteiger partial charge is 0.480 e. The van der Waals surface area contributed by atoms with Crippen LogP contribution in [0.5, 0.6) is 0 Å². The van der Waals surface area contributed by atoms with E-state index in [1.807, 2.05) is 27.7 Å². The Morgan fingerprint density at radius 1 is 1.08 bits per heavy atom. The number of H-pyrrole nitrogens is 1. The van der Waals surface area contributed by atoms with Gasteiger partial charge < -0.3 is 36.7 Å². The minimum absolute atomic E-state index is 0.00699. The number of carboxylic acid groups (broad SMARTS) is 1. The number of carbonyl (C=O) groups is 5. The van der Waals surface area contributed by atoms with Gasteiger partial charge in [-0.3, -0.25) is 19.2 Å². The van der Waals surface area contributed by atoms with Crippen LogP contribution < -0.4 is 21.7 Å². The van der Waals surface area contributed by atoms with E-state index < -0.39 is 53.9 Å². The van der Waals surface area contributed by atoms with Gasteiger partial charge in [-0.05, 0) is 38.0 Å². The van der Waals surface area contributed by atoms with Crippen LogP contribution >= 0.6 is 0 Å². The van der Waals surface area contributed by atoms with Gasteiger partial charge in [-0.15, -0.1) is 0 Å². The maximum Gasteiger partial charge on any atom is 0.326 e. The lowest BCUT2D eigenvalue weighted by Crippen LogP contribution is -2.58. The van der Waals surface area contributed by atoms with E-state index in [1.54, 1.807) is 0 Å². The first kappa shape index (κ1) is 30.7. The number of nitrogens with two attached hydrogens (primary N) is 1. The minimum Gasteiger partial charge on any atom is -0.480 e. The zero-order chi connectivity index (χ0) is 28.6. The SMILES string of the molecule is CC(C)C[C@H](NC(=O)[C@H](C)NC(=O)[C@@H]1CCCN1C(=O)[C@@H](N)C(C)C)C(=O)N[C@@H](Cc1cnc[nH]1)C(=O)O. The summed E-state index contributed by atoms with van der Waals surface area (Å²) in [6, 6.07) is -4.69. The van der Waals surface area contributed by atoms with Gasteiger partial charge in [0.2, 0.25) is 23.6 Å². The molecule has 1 aromatic heterocycles. The van der Waals surface area contributed by atoms with Crippen molar-refractivity contribution in [1.29, 1.82) is 0 Å². The Kier molecular flexibility index (Phi) is 11.2. The van der Waals surface area contributed by atoms with Gasteiger partial charge in [-0.25, -0.2) is 9.78 Å². The predicted octanol–water partition coefficient (Wildman–Crippen LogP) is -0.468. The van der Waals surface area contributed by atoms with Crippen molar-refractivity contribution in [3.05, 3.63) is 18.2 Å². The van der Waals surface area contributed by atoms with Gasteiger partial charge in [0.05, 0.1) is 12.4 Å². The molecule has 2 heterocycles. The number of nitrogens with one attached hydrogen (secondary N) is 4. The number of amides is 4. The van der Waals surface area contributed by atoms with E-state index in [9.17, 15) is 29.1 Å². The molecule has 0 spiro atoms. The first-order valence-electron chi connectivity index (χ1n) is 13.0. The number of aromatic nitrogens is 2. The molecule has 13 heteroatoms. The molecule has 1 aliphatic rings. The minimum atomic E-state index is -1.23. The Balaban J connectivity index is 2.02. The quantitative estimate of drug-likeness (QED) is 0.195. The lowest BCUT2D eigenvalue weighted by Gasteiger charge is -2.29. The molecule has 2 rings (SSSR count). The Bertz CT molecular complexity index is 981. The summed E-state index contributed by atoms with van der Waals surface area (Å²) in [6.07, 6.45) is 4.24. The first-order chi connectivity index (χ1) is 17.8. The Morgan fingerprint density at radius 2 is 1.74 bits per heavy atom. The molecule has 13 nitrogen and oxygen atoms in total. The van der Waals surface area contributed by atoms with Crippen LogP contribution in [0.3, 0.4) is 0 Å². The summed E-state index contributed by atoms with van der Waals surface area (Å²) in [7, 11) is 0. The van der Waals surface area contributed by atoms with Gasteiger partial charge in [0, 0.05) is 24.9 Å². The number of likely N-dealkylation sites (tertiary alicyclic amines) is 1. The third kappa shape index (κ3) is 8.54. The van der Waals surface area contributed by atoms with E-state index in [-0.39, 0.29) is 30.6 Å². The molecular formula is C25H41N7O6. The summed E-state index contributed by atoms with van der Waals surface area (Å²) in [6.45, 7) is 9.29. The maximum atomic E-state index is 13.0. The van der Waals surface area contributed by atoms with Gasteiger partial charge in [0.15, 0.2) is 0 Å². The van der Waals surface area contributed by atoms with Crippen molar-refractivity contribution in [3.8, 4) is 0 Å². The highest BCUT2D eigenvalue weighted by Gasteiger charge is 2.38. The van der Waals surface area contributed by atoms with E-state index in [4.69, 9.17) is 5.73 Å². The zero-order valence-corrected chi connectivity index (χ0v) is 22.7. The second-order valence-corrected chi connectivity index (χ2v) is 10.6. The van der Waals surface area contributed by atoms with Crippen LogP contribution in [0.4, 0.5) is 0 Å². The van der Waals surface area contributed by atoms with Crippen LogP contribution in [-0.4, -0.2) is 86.3 Å². The van der Waals surface area contributed by atoms with Crippen molar-refractivity contribution in [3.63, 3.8) is 0 Å². The zero-order valence-electron chi connectivity index (χ0n) is 22.7. The fourth-order valence-electron chi connectivity index (χ4n) is 4.24. The number of hydrogen-bond acceptors (Lipinski definition) is 7. The highest BCUT2D eigenvalue weighted by Crippen LogP contribution is 2.20. The molecule has 5 atom stereocenters. The molecule has 0 bridgehead atoms.